The maximum atomic E-state index is 11.7. The molecule has 0 aliphatic carbocycles. The first-order valence-electron chi connectivity index (χ1n) is 9.05. The number of carbonyl (C=O) groups excluding carboxylic acids is 2. The average molecular weight is 574 g/mol. The molecule has 0 radical (unpaired) electrons. The zero-order valence-electron chi connectivity index (χ0n) is 16.6. The van der Waals surface area contributed by atoms with Crippen LogP contribution in [0.25, 0.3) is 0 Å². The number of aliphatic carboxylic acids is 2. The van der Waals surface area contributed by atoms with Gasteiger partial charge < -0.3 is 0 Å². The van der Waals surface area contributed by atoms with Gasteiger partial charge in [0.25, 0.3) is 0 Å². The van der Waals surface area contributed by atoms with Crippen molar-refractivity contribution < 1.29 is 38.9 Å². The molecule has 0 aromatic heterocycles. The summed E-state index contributed by atoms with van der Waals surface area (Å²) in [6, 6.07) is 14.9. The topological polar surface area (TPSA) is 151 Å². The van der Waals surface area contributed by atoms with Crippen molar-refractivity contribution in [2.24, 2.45) is 0 Å². The standard InChI is InChI=1S/C20H20N2O8Se2/c23-17(9-29-11-19(25)26)21-13-1-5-15(6-2-13)31-32-16-7-3-14(4-8-16)22-18(24)10-30-12-20(27)28/h1-8H,9-12H2,(H,21,23)(H,22,24)(H,25,26)(H,27,28). The molecule has 0 unspecified atom stereocenters. The van der Waals surface area contributed by atoms with Crippen LogP contribution >= 0.6 is 0 Å². The molecule has 32 heavy (non-hydrogen) atoms. The van der Waals surface area contributed by atoms with Gasteiger partial charge in [-0.05, 0) is 0 Å². The molecular weight excluding hydrogens is 554 g/mol. The summed E-state index contributed by atoms with van der Waals surface area (Å²) in [7, 11) is 0. The van der Waals surface area contributed by atoms with E-state index >= 15 is 0 Å². The van der Waals surface area contributed by atoms with Gasteiger partial charge in [-0.1, -0.05) is 0 Å². The molecule has 12 heteroatoms. The molecule has 0 heterocycles. The summed E-state index contributed by atoms with van der Waals surface area (Å²) in [5, 5.41) is 22.2. The van der Waals surface area contributed by atoms with Gasteiger partial charge in [-0.25, -0.2) is 0 Å². The van der Waals surface area contributed by atoms with E-state index in [0.29, 0.717) is 11.4 Å². The minimum absolute atomic E-state index is 0.218. The van der Waals surface area contributed by atoms with E-state index in [0.717, 1.165) is 8.92 Å². The van der Waals surface area contributed by atoms with Gasteiger partial charge in [0.2, 0.25) is 0 Å². The molecule has 0 aliphatic heterocycles. The Kier molecular flexibility index (Phi) is 10.9. The molecule has 0 aliphatic rings. The van der Waals surface area contributed by atoms with Gasteiger partial charge >= 0.3 is 195 Å². The van der Waals surface area contributed by atoms with E-state index in [1.54, 1.807) is 24.3 Å². The number of amides is 2. The second-order valence-electron chi connectivity index (χ2n) is 6.08. The van der Waals surface area contributed by atoms with E-state index in [9.17, 15) is 19.2 Å². The van der Waals surface area contributed by atoms with Crippen molar-refractivity contribution in [3.05, 3.63) is 48.5 Å². The van der Waals surface area contributed by atoms with Crippen molar-refractivity contribution in [1.82, 2.24) is 0 Å². The summed E-state index contributed by atoms with van der Waals surface area (Å²) < 4.78 is 11.8. The predicted octanol–water partition coefficient (Wildman–Crippen LogP) is -0.960. The first kappa shape index (κ1) is 25.5. The van der Waals surface area contributed by atoms with Crippen LogP contribution in [0, 0.1) is 0 Å². The number of rotatable bonds is 13. The zero-order chi connectivity index (χ0) is 23.3. The van der Waals surface area contributed by atoms with Gasteiger partial charge in [-0.2, -0.15) is 0 Å². The van der Waals surface area contributed by atoms with Crippen LogP contribution in [0.2, 0.25) is 0 Å². The van der Waals surface area contributed by atoms with Crippen molar-refractivity contribution in [3.63, 3.8) is 0 Å². The maximum absolute atomic E-state index is 11.7. The third-order valence-electron chi connectivity index (χ3n) is 3.43. The SMILES string of the molecule is O=C(O)COCC(=O)Nc1ccc([Se][Se]c2ccc(NC(=O)COCC(=O)O)cc2)cc1. The number of benzene rings is 2. The van der Waals surface area contributed by atoms with Crippen LogP contribution in [0.3, 0.4) is 0 Å². The number of ether oxygens (including phenoxy) is 2. The van der Waals surface area contributed by atoms with Gasteiger partial charge in [0.05, 0.1) is 0 Å². The Bertz CT molecular complexity index is 858. The molecule has 4 N–H and O–H groups in total. The number of carbonyl (C=O) groups is 4. The van der Waals surface area contributed by atoms with Gasteiger partial charge in [-0.15, -0.1) is 0 Å². The minimum atomic E-state index is -1.13. The fourth-order valence-electron chi connectivity index (χ4n) is 2.14. The van der Waals surface area contributed by atoms with Crippen LogP contribution in [0.15, 0.2) is 48.5 Å². The molecule has 2 amide bonds. The molecule has 2 rings (SSSR count). The number of carboxylic acids is 2. The molecule has 0 saturated heterocycles. The van der Waals surface area contributed by atoms with E-state index < -0.39 is 37.0 Å². The number of hydrogen-bond acceptors (Lipinski definition) is 6. The van der Waals surface area contributed by atoms with Gasteiger partial charge in [0.1, 0.15) is 0 Å². The van der Waals surface area contributed by atoms with Crippen molar-refractivity contribution in [1.29, 1.82) is 0 Å². The predicted molar refractivity (Wildman–Crippen MR) is 118 cm³/mol. The van der Waals surface area contributed by atoms with Crippen LogP contribution in [-0.2, 0) is 28.7 Å². The van der Waals surface area contributed by atoms with Crippen LogP contribution in [-0.4, -0.2) is 86.7 Å². The molecule has 0 fully saturated rings. The van der Waals surface area contributed by atoms with Crippen molar-refractivity contribution in [2.75, 3.05) is 37.1 Å². The number of anilines is 2. The quantitative estimate of drug-likeness (QED) is 0.224. The van der Waals surface area contributed by atoms with Gasteiger partial charge in [-0.3, -0.25) is 0 Å². The monoisotopic (exact) mass is 576 g/mol. The summed E-state index contributed by atoms with van der Waals surface area (Å²) in [5.74, 6) is -3.11. The Hall–Kier alpha value is -2.72. The normalized spacial score (nSPS) is 10.4. The van der Waals surface area contributed by atoms with Crippen molar-refractivity contribution >= 4 is 70.3 Å². The summed E-state index contributed by atoms with van der Waals surface area (Å²) in [4.78, 5) is 44.1. The van der Waals surface area contributed by atoms with E-state index in [1.165, 1.54) is 0 Å². The fourth-order valence-corrected chi connectivity index (χ4v) is 8.10. The van der Waals surface area contributed by atoms with E-state index in [2.05, 4.69) is 10.6 Å². The number of nitrogens with one attached hydrogen (secondary N) is 2. The van der Waals surface area contributed by atoms with E-state index in [4.69, 9.17) is 19.7 Å². The van der Waals surface area contributed by atoms with Crippen LogP contribution in [0.1, 0.15) is 0 Å². The summed E-state index contributed by atoms with van der Waals surface area (Å²) in [6.07, 6.45) is 0. The second kappa shape index (κ2) is 13.6. The Morgan fingerprint density at radius 2 is 0.969 bits per heavy atom. The zero-order valence-corrected chi connectivity index (χ0v) is 20.0. The van der Waals surface area contributed by atoms with E-state index in [1.807, 2.05) is 24.3 Å². The first-order valence-corrected chi connectivity index (χ1v) is 15.1. The molecule has 0 atom stereocenters. The molecule has 2 aromatic carbocycles. The Labute approximate surface area is 194 Å². The van der Waals surface area contributed by atoms with E-state index in [-0.39, 0.29) is 39.5 Å². The molecule has 0 saturated carbocycles. The molecular formula is C20H20N2O8Se2. The number of hydrogen-bond donors (Lipinski definition) is 4. The Morgan fingerprint density at radius 1 is 0.625 bits per heavy atom. The van der Waals surface area contributed by atoms with Crippen LogP contribution in [0.5, 0.6) is 0 Å². The first-order chi connectivity index (χ1) is 15.3. The number of carboxylic acid groups (broad SMARTS) is 2. The third-order valence-corrected chi connectivity index (χ3v) is 10.7. The third kappa shape index (κ3) is 10.5. The average Bonchev–Trinajstić information content (AvgIpc) is 2.73. The summed E-state index contributed by atoms with van der Waals surface area (Å²) in [6.45, 7) is -1.70. The summed E-state index contributed by atoms with van der Waals surface area (Å²) in [5.41, 5.74) is 1.21. The Balaban J connectivity index is 1.74. The molecule has 170 valence electrons. The van der Waals surface area contributed by atoms with Crippen molar-refractivity contribution in [2.45, 2.75) is 0 Å². The fraction of sp³-hybridized carbons (Fsp3) is 0.200. The molecule has 0 bridgehead atoms. The van der Waals surface area contributed by atoms with Crippen molar-refractivity contribution in [3.8, 4) is 0 Å². The molecule has 0 spiro atoms. The molecule has 2 aromatic rings. The summed E-state index contributed by atoms with van der Waals surface area (Å²) >= 11 is 0.436. The molecule has 10 nitrogen and oxygen atoms in total. The van der Waals surface area contributed by atoms with Crippen LogP contribution < -0.4 is 19.6 Å². The van der Waals surface area contributed by atoms with Crippen LogP contribution in [0.4, 0.5) is 11.4 Å². The second-order valence-corrected chi connectivity index (χ2v) is 12.4. The van der Waals surface area contributed by atoms with Gasteiger partial charge in [0, 0.05) is 0 Å². The Morgan fingerprint density at radius 3 is 1.28 bits per heavy atom. The van der Waals surface area contributed by atoms with Gasteiger partial charge in [0.15, 0.2) is 0 Å².